The number of rotatable bonds is 5. The highest BCUT2D eigenvalue weighted by molar-refractivity contribution is 6.04. The molecular weight excluding hydrogens is 401 g/mol. The Bertz CT molecular complexity index is 1060. The number of nitrogens with zero attached hydrogens (tertiary/aromatic N) is 2. The van der Waals surface area contributed by atoms with Gasteiger partial charge in [-0.3, -0.25) is 14.4 Å². The van der Waals surface area contributed by atoms with Gasteiger partial charge < -0.3 is 19.9 Å². The van der Waals surface area contributed by atoms with Gasteiger partial charge in [-0.1, -0.05) is 6.92 Å². The second-order valence-electron chi connectivity index (χ2n) is 7.71. The summed E-state index contributed by atoms with van der Waals surface area (Å²) in [5.41, 5.74) is 2.94. The number of hydrogen-bond acceptors (Lipinski definition) is 4. The molecule has 0 saturated carbocycles. The number of carbonyl (C=O) groups excluding carboxylic acids is 3. The van der Waals surface area contributed by atoms with Crippen LogP contribution >= 0.6 is 0 Å². The largest absolute Gasteiger partial charge is 0.494 e. The minimum atomic E-state index is -0.571. The van der Waals surface area contributed by atoms with Crippen LogP contribution in [0.15, 0.2) is 36.4 Å². The molecule has 2 aromatic carbocycles. The molecular formula is C23H24FN3O4. The molecule has 2 aromatic rings. The summed E-state index contributed by atoms with van der Waals surface area (Å²) >= 11 is 0. The lowest BCUT2D eigenvalue weighted by Gasteiger charge is -2.20. The van der Waals surface area contributed by atoms with E-state index in [9.17, 15) is 18.8 Å². The highest BCUT2D eigenvalue weighted by Crippen LogP contribution is 2.34. The molecule has 1 atom stereocenters. The minimum Gasteiger partial charge on any atom is -0.494 e. The number of anilines is 3. The summed E-state index contributed by atoms with van der Waals surface area (Å²) in [5.74, 6) is -1.41. The molecule has 0 spiro atoms. The molecule has 162 valence electrons. The van der Waals surface area contributed by atoms with Crippen LogP contribution in [0.3, 0.4) is 0 Å². The van der Waals surface area contributed by atoms with Crippen molar-refractivity contribution in [2.24, 2.45) is 5.92 Å². The van der Waals surface area contributed by atoms with Crippen LogP contribution in [0.5, 0.6) is 5.75 Å². The normalized spacial score (nSPS) is 17.6. The van der Waals surface area contributed by atoms with Crippen molar-refractivity contribution in [3.8, 4) is 5.75 Å². The van der Waals surface area contributed by atoms with Crippen LogP contribution < -0.4 is 19.9 Å². The number of ether oxygens (including phenoxy) is 1. The van der Waals surface area contributed by atoms with Gasteiger partial charge in [0.05, 0.1) is 13.0 Å². The Morgan fingerprint density at radius 3 is 2.74 bits per heavy atom. The number of amides is 3. The molecule has 1 saturated heterocycles. The molecule has 0 bridgehead atoms. The van der Waals surface area contributed by atoms with Crippen molar-refractivity contribution in [2.45, 2.75) is 26.2 Å². The van der Waals surface area contributed by atoms with Crippen molar-refractivity contribution in [1.82, 2.24) is 0 Å². The lowest BCUT2D eigenvalue weighted by Crippen LogP contribution is -2.28. The zero-order valence-electron chi connectivity index (χ0n) is 17.5. The van der Waals surface area contributed by atoms with Gasteiger partial charge in [0.25, 0.3) is 0 Å². The maximum Gasteiger partial charge on any atom is 0.229 e. The zero-order valence-corrected chi connectivity index (χ0v) is 17.5. The van der Waals surface area contributed by atoms with E-state index in [0.717, 1.165) is 23.4 Å². The van der Waals surface area contributed by atoms with Crippen molar-refractivity contribution in [1.29, 1.82) is 0 Å². The Balaban J connectivity index is 1.45. The predicted molar refractivity (Wildman–Crippen MR) is 115 cm³/mol. The molecule has 8 heteroatoms. The van der Waals surface area contributed by atoms with Crippen molar-refractivity contribution in [3.05, 3.63) is 47.8 Å². The van der Waals surface area contributed by atoms with E-state index < -0.39 is 11.7 Å². The third-order valence-corrected chi connectivity index (χ3v) is 5.79. The SMILES string of the molecule is CCC(=O)N1CCc2cc(N3C[C@H](C(=O)Nc4ccc(OC)c(F)c4)CC3=O)ccc21. The molecule has 2 aliphatic rings. The Kier molecular flexibility index (Phi) is 5.63. The summed E-state index contributed by atoms with van der Waals surface area (Å²) in [6.45, 7) is 2.73. The van der Waals surface area contributed by atoms with Gasteiger partial charge in [0.2, 0.25) is 17.7 Å². The van der Waals surface area contributed by atoms with Crippen molar-refractivity contribution in [2.75, 3.05) is 35.3 Å². The maximum atomic E-state index is 13.9. The monoisotopic (exact) mass is 425 g/mol. The summed E-state index contributed by atoms with van der Waals surface area (Å²) in [5, 5.41) is 2.68. The van der Waals surface area contributed by atoms with E-state index in [-0.39, 0.29) is 36.4 Å². The highest BCUT2D eigenvalue weighted by atomic mass is 19.1. The summed E-state index contributed by atoms with van der Waals surface area (Å²) in [7, 11) is 1.37. The molecule has 3 amide bonds. The molecule has 2 heterocycles. The first-order chi connectivity index (χ1) is 14.9. The number of fused-ring (bicyclic) bond motifs is 1. The predicted octanol–water partition coefficient (Wildman–Crippen LogP) is 3.13. The fourth-order valence-electron chi connectivity index (χ4n) is 4.13. The Labute approximate surface area is 179 Å². The quantitative estimate of drug-likeness (QED) is 0.798. The number of methoxy groups -OCH3 is 1. The van der Waals surface area contributed by atoms with E-state index in [1.54, 1.807) is 15.9 Å². The van der Waals surface area contributed by atoms with Crippen LogP contribution in [0, 0.1) is 11.7 Å². The van der Waals surface area contributed by atoms with Gasteiger partial charge in [0, 0.05) is 49.1 Å². The van der Waals surface area contributed by atoms with Crippen molar-refractivity contribution in [3.63, 3.8) is 0 Å². The van der Waals surface area contributed by atoms with Gasteiger partial charge >= 0.3 is 0 Å². The van der Waals surface area contributed by atoms with Gasteiger partial charge in [0.1, 0.15) is 0 Å². The first-order valence-electron chi connectivity index (χ1n) is 10.3. The van der Waals surface area contributed by atoms with Crippen LogP contribution in [0.25, 0.3) is 0 Å². The molecule has 31 heavy (non-hydrogen) atoms. The number of carbonyl (C=O) groups is 3. The second-order valence-corrected chi connectivity index (χ2v) is 7.71. The van der Waals surface area contributed by atoms with E-state index in [1.807, 2.05) is 25.1 Å². The Morgan fingerprint density at radius 1 is 1.23 bits per heavy atom. The van der Waals surface area contributed by atoms with E-state index >= 15 is 0 Å². The smallest absolute Gasteiger partial charge is 0.229 e. The first-order valence-corrected chi connectivity index (χ1v) is 10.3. The van der Waals surface area contributed by atoms with Crippen molar-refractivity contribution >= 4 is 34.8 Å². The van der Waals surface area contributed by atoms with Crippen LogP contribution in [-0.2, 0) is 20.8 Å². The lowest BCUT2D eigenvalue weighted by atomic mass is 10.1. The second kappa shape index (κ2) is 8.37. The fraction of sp³-hybridized carbons (Fsp3) is 0.348. The van der Waals surface area contributed by atoms with E-state index in [2.05, 4.69) is 5.32 Å². The van der Waals surface area contributed by atoms with E-state index in [1.165, 1.54) is 19.2 Å². The third kappa shape index (κ3) is 3.97. The van der Waals surface area contributed by atoms with Gasteiger partial charge in [0.15, 0.2) is 11.6 Å². The van der Waals surface area contributed by atoms with Crippen LogP contribution in [0.4, 0.5) is 21.5 Å². The van der Waals surface area contributed by atoms with Gasteiger partial charge in [-0.2, -0.15) is 0 Å². The highest BCUT2D eigenvalue weighted by Gasteiger charge is 2.36. The standard InChI is InChI=1S/C23H24FN3O4/c1-3-21(28)26-9-8-14-10-17(5-6-19(14)26)27-13-15(11-22(27)29)23(30)25-16-4-7-20(31-2)18(24)12-16/h4-7,10,12,15H,3,8-9,11,13H2,1-2H3,(H,25,30)/t15-/m1/s1. The number of halogens is 1. The molecule has 0 aliphatic carbocycles. The summed E-state index contributed by atoms with van der Waals surface area (Å²) < 4.78 is 18.7. The average molecular weight is 425 g/mol. The molecule has 0 radical (unpaired) electrons. The lowest BCUT2D eigenvalue weighted by molar-refractivity contribution is -0.122. The average Bonchev–Trinajstić information content (AvgIpc) is 3.36. The molecule has 4 rings (SSSR count). The maximum absolute atomic E-state index is 13.9. The summed E-state index contributed by atoms with van der Waals surface area (Å²) in [6.07, 6.45) is 1.27. The fourth-order valence-corrected chi connectivity index (χ4v) is 4.13. The molecule has 7 nitrogen and oxygen atoms in total. The molecule has 2 aliphatic heterocycles. The number of nitrogens with one attached hydrogen (secondary N) is 1. The van der Waals surface area contributed by atoms with Gasteiger partial charge in [-0.05, 0) is 42.3 Å². The molecule has 1 fully saturated rings. The minimum absolute atomic E-state index is 0.0791. The summed E-state index contributed by atoms with van der Waals surface area (Å²) in [6, 6.07) is 9.79. The van der Waals surface area contributed by atoms with E-state index in [0.29, 0.717) is 18.7 Å². The number of hydrogen-bond donors (Lipinski definition) is 1. The Hall–Kier alpha value is -3.42. The van der Waals surface area contributed by atoms with Crippen LogP contribution in [-0.4, -0.2) is 37.9 Å². The van der Waals surface area contributed by atoms with Gasteiger partial charge in [-0.15, -0.1) is 0 Å². The number of benzene rings is 2. The Morgan fingerprint density at radius 2 is 2.03 bits per heavy atom. The van der Waals surface area contributed by atoms with Crippen LogP contribution in [0.1, 0.15) is 25.3 Å². The molecule has 1 N–H and O–H groups in total. The zero-order chi connectivity index (χ0) is 22.1. The van der Waals surface area contributed by atoms with E-state index in [4.69, 9.17) is 4.74 Å². The molecule has 0 aromatic heterocycles. The van der Waals surface area contributed by atoms with Gasteiger partial charge in [-0.25, -0.2) is 4.39 Å². The first kappa shape index (κ1) is 20.8. The summed E-state index contributed by atoms with van der Waals surface area (Å²) in [4.78, 5) is 40.7. The third-order valence-electron chi connectivity index (χ3n) is 5.79. The molecule has 0 unspecified atom stereocenters. The topological polar surface area (TPSA) is 79.0 Å². The van der Waals surface area contributed by atoms with Crippen molar-refractivity contribution < 1.29 is 23.5 Å². The van der Waals surface area contributed by atoms with Crippen LogP contribution in [0.2, 0.25) is 0 Å².